The molecule has 1 aromatic rings. The fraction of sp³-hybridized carbons (Fsp3) is 0.500. The molecule has 0 aliphatic heterocycles. The second-order valence-corrected chi connectivity index (χ2v) is 4.95. The average molecular weight is 287 g/mol. The van der Waals surface area contributed by atoms with Gasteiger partial charge in [0, 0.05) is 24.1 Å². The molecule has 0 spiro atoms. The number of aliphatic hydroxyl groups excluding tert-OH is 1. The summed E-state index contributed by atoms with van der Waals surface area (Å²) in [4.78, 5) is 2.10. The number of nitrogens with zero attached hydrogens (tertiary/aromatic N) is 1. The van der Waals surface area contributed by atoms with Crippen molar-refractivity contribution in [1.29, 1.82) is 0 Å². The molecule has 3 N–H and O–H groups in total. The highest BCUT2D eigenvalue weighted by atomic mass is 79.9. The molecular formula is C12H19BrN2O. The van der Waals surface area contributed by atoms with E-state index in [1.807, 2.05) is 19.2 Å². The van der Waals surface area contributed by atoms with Crippen molar-refractivity contribution in [1.82, 2.24) is 4.90 Å². The van der Waals surface area contributed by atoms with Gasteiger partial charge in [-0.05, 0) is 31.2 Å². The molecule has 0 fully saturated rings. The van der Waals surface area contributed by atoms with Gasteiger partial charge in [0.05, 0.1) is 6.10 Å². The van der Waals surface area contributed by atoms with Gasteiger partial charge in [0.15, 0.2) is 0 Å². The molecule has 0 radical (unpaired) electrons. The average Bonchev–Trinajstić information content (AvgIpc) is 2.26. The van der Waals surface area contributed by atoms with Gasteiger partial charge in [-0.25, -0.2) is 0 Å². The number of likely N-dealkylation sites (N-methyl/N-ethyl adjacent to an activating group) is 1. The van der Waals surface area contributed by atoms with Gasteiger partial charge in [-0.15, -0.1) is 0 Å². The first-order valence-electron chi connectivity index (χ1n) is 5.43. The molecule has 0 aliphatic carbocycles. The van der Waals surface area contributed by atoms with Crippen LogP contribution in [0.25, 0.3) is 0 Å². The van der Waals surface area contributed by atoms with E-state index >= 15 is 0 Å². The van der Waals surface area contributed by atoms with E-state index in [2.05, 4.69) is 33.0 Å². The largest absolute Gasteiger partial charge is 0.390 e. The smallest absolute Gasteiger partial charge is 0.0788 e. The van der Waals surface area contributed by atoms with Gasteiger partial charge in [0.2, 0.25) is 0 Å². The number of rotatable bonds is 6. The molecule has 16 heavy (non-hydrogen) atoms. The quantitative estimate of drug-likeness (QED) is 0.827. The Balaban J connectivity index is 2.34. The van der Waals surface area contributed by atoms with Crippen LogP contribution in [0.4, 0.5) is 0 Å². The predicted molar refractivity (Wildman–Crippen MR) is 70.4 cm³/mol. The van der Waals surface area contributed by atoms with Gasteiger partial charge in [-0.1, -0.05) is 28.1 Å². The van der Waals surface area contributed by atoms with Crippen LogP contribution in [-0.2, 0) is 6.42 Å². The standard InChI is InChI=1S/C12H19BrN2O/c1-15(9-12(16)8-14)6-5-10-3-2-4-11(13)7-10/h2-4,7,12,16H,5-6,8-9,14H2,1H3. The topological polar surface area (TPSA) is 49.5 Å². The lowest BCUT2D eigenvalue weighted by Gasteiger charge is -2.19. The maximum atomic E-state index is 9.40. The number of halogens is 1. The van der Waals surface area contributed by atoms with E-state index in [0.717, 1.165) is 17.4 Å². The molecule has 90 valence electrons. The molecule has 1 rings (SSSR count). The second-order valence-electron chi connectivity index (χ2n) is 4.03. The van der Waals surface area contributed by atoms with E-state index in [-0.39, 0.29) is 0 Å². The summed E-state index contributed by atoms with van der Waals surface area (Å²) in [5, 5.41) is 9.40. The Morgan fingerprint density at radius 3 is 2.88 bits per heavy atom. The van der Waals surface area contributed by atoms with Crippen LogP contribution in [0.5, 0.6) is 0 Å². The molecular weight excluding hydrogens is 268 g/mol. The van der Waals surface area contributed by atoms with Crippen LogP contribution in [0.2, 0.25) is 0 Å². The van der Waals surface area contributed by atoms with E-state index in [1.54, 1.807) is 0 Å². The lowest BCUT2D eigenvalue weighted by atomic mass is 10.1. The molecule has 0 aliphatic rings. The lowest BCUT2D eigenvalue weighted by Crippen LogP contribution is -2.35. The Morgan fingerprint density at radius 1 is 1.50 bits per heavy atom. The molecule has 0 amide bonds. The second kappa shape index (κ2) is 7.01. The van der Waals surface area contributed by atoms with E-state index in [9.17, 15) is 5.11 Å². The van der Waals surface area contributed by atoms with Gasteiger partial charge in [-0.3, -0.25) is 0 Å². The third kappa shape index (κ3) is 5.07. The minimum absolute atomic E-state index is 0.321. The summed E-state index contributed by atoms with van der Waals surface area (Å²) in [5.74, 6) is 0. The van der Waals surface area contributed by atoms with Crippen LogP contribution in [0.1, 0.15) is 5.56 Å². The first kappa shape index (κ1) is 13.6. The zero-order valence-corrected chi connectivity index (χ0v) is 11.2. The van der Waals surface area contributed by atoms with Crippen molar-refractivity contribution < 1.29 is 5.11 Å². The van der Waals surface area contributed by atoms with Crippen molar-refractivity contribution in [2.45, 2.75) is 12.5 Å². The van der Waals surface area contributed by atoms with Crippen LogP contribution in [-0.4, -0.2) is 42.8 Å². The molecule has 4 heteroatoms. The molecule has 0 saturated heterocycles. The molecule has 0 bridgehead atoms. The predicted octanol–water partition coefficient (Wildman–Crippen LogP) is 1.24. The lowest BCUT2D eigenvalue weighted by molar-refractivity contribution is 0.133. The summed E-state index contributed by atoms with van der Waals surface area (Å²) in [6, 6.07) is 8.28. The zero-order valence-electron chi connectivity index (χ0n) is 9.56. The molecule has 3 nitrogen and oxygen atoms in total. The van der Waals surface area contributed by atoms with Gasteiger partial charge in [0.25, 0.3) is 0 Å². The molecule has 0 aromatic heterocycles. The van der Waals surface area contributed by atoms with Gasteiger partial charge in [0.1, 0.15) is 0 Å². The molecule has 1 atom stereocenters. The van der Waals surface area contributed by atoms with Crippen LogP contribution in [0.3, 0.4) is 0 Å². The third-order valence-electron chi connectivity index (χ3n) is 2.47. The van der Waals surface area contributed by atoms with E-state index in [1.165, 1.54) is 5.56 Å². The number of hydrogen-bond donors (Lipinski definition) is 2. The molecule has 1 unspecified atom stereocenters. The van der Waals surface area contributed by atoms with E-state index < -0.39 is 6.10 Å². The van der Waals surface area contributed by atoms with Gasteiger partial charge >= 0.3 is 0 Å². The van der Waals surface area contributed by atoms with Gasteiger partial charge in [-0.2, -0.15) is 0 Å². The van der Waals surface area contributed by atoms with Crippen molar-refractivity contribution in [3.8, 4) is 0 Å². The maximum absolute atomic E-state index is 9.40. The van der Waals surface area contributed by atoms with Crippen molar-refractivity contribution in [2.75, 3.05) is 26.7 Å². The first-order valence-corrected chi connectivity index (χ1v) is 6.22. The monoisotopic (exact) mass is 286 g/mol. The summed E-state index contributed by atoms with van der Waals surface area (Å²) in [7, 11) is 2.00. The Kier molecular flexibility index (Phi) is 5.98. The van der Waals surface area contributed by atoms with Crippen molar-refractivity contribution in [2.24, 2.45) is 5.73 Å². The molecule has 0 heterocycles. The van der Waals surface area contributed by atoms with Crippen LogP contribution < -0.4 is 5.73 Å². The summed E-state index contributed by atoms with van der Waals surface area (Å²) in [6.07, 6.45) is 0.556. The third-order valence-corrected chi connectivity index (χ3v) is 2.96. The van der Waals surface area contributed by atoms with Crippen LogP contribution >= 0.6 is 15.9 Å². The Morgan fingerprint density at radius 2 is 2.25 bits per heavy atom. The number of nitrogens with two attached hydrogens (primary N) is 1. The highest BCUT2D eigenvalue weighted by Crippen LogP contribution is 2.12. The molecule has 1 aromatic carbocycles. The fourth-order valence-electron chi connectivity index (χ4n) is 1.54. The Bertz CT molecular complexity index is 320. The Hall–Kier alpha value is -0.420. The van der Waals surface area contributed by atoms with E-state index in [0.29, 0.717) is 13.1 Å². The summed E-state index contributed by atoms with van der Waals surface area (Å²) in [6.45, 7) is 1.87. The number of benzene rings is 1. The zero-order chi connectivity index (χ0) is 12.0. The van der Waals surface area contributed by atoms with Crippen molar-refractivity contribution >= 4 is 15.9 Å². The SMILES string of the molecule is CN(CCc1cccc(Br)c1)CC(O)CN. The first-order chi connectivity index (χ1) is 7.61. The normalized spacial score (nSPS) is 13.1. The van der Waals surface area contributed by atoms with Crippen molar-refractivity contribution in [3.05, 3.63) is 34.3 Å². The van der Waals surface area contributed by atoms with E-state index in [4.69, 9.17) is 5.73 Å². The number of hydrogen-bond acceptors (Lipinski definition) is 3. The van der Waals surface area contributed by atoms with Crippen LogP contribution in [0.15, 0.2) is 28.7 Å². The van der Waals surface area contributed by atoms with Crippen LogP contribution in [0, 0.1) is 0 Å². The summed E-state index contributed by atoms with van der Waals surface area (Å²) in [5.41, 5.74) is 6.66. The number of aliphatic hydroxyl groups is 1. The highest BCUT2D eigenvalue weighted by Gasteiger charge is 2.05. The fourth-order valence-corrected chi connectivity index (χ4v) is 1.98. The summed E-state index contributed by atoms with van der Waals surface area (Å²) >= 11 is 3.45. The highest BCUT2D eigenvalue weighted by molar-refractivity contribution is 9.10. The molecule has 0 saturated carbocycles. The van der Waals surface area contributed by atoms with Crippen molar-refractivity contribution in [3.63, 3.8) is 0 Å². The Labute approximate surface area is 105 Å². The van der Waals surface area contributed by atoms with Gasteiger partial charge < -0.3 is 15.7 Å². The summed E-state index contributed by atoms with van der Waals surface area (Å²) < 4.78 is 1.11. The maximum Gasteiger partial charge on any atom is 0.0788 e. The minimum Gasteiger partial charge on any atom is -0.390 e. The minimum atomic E-state index is -0.424.